The zero-order chi connectivity index (χ0) is 27.4. The van der Waals surface area contributed by atoms with Gasteiger partial charge in [-0.05, 0) is 73.4 Å². The minimum Gasteiger partial charge on any atom is -0.481 e. The van der Waals surface area contributed by atoms with Crippen LogP contribution in [-0.2, 0) is 28.7 Å². The number of benzene rings is 2. The van der Waals surface area contributed by atoms with Crippen LogP contribution in [0.15, 0.2) is 36.4 Å². The number of anilines is 2. The Balaban J connectivity index is 1.32. The predicted molar refractivity (Wildman–Crippen MR) is 129 cm³/mol. The van der Waals surface area contributed by atoms with Crippen molar-refractivity contribution in [2.24, 2.45) is 5.92 Å². The minimum atomic E-state index is -4.84. The molecule has 1 saturated carbocycles. The average Bonchev–Trinajstić information content (AvgIpc) is 2.85. The number of carbonyl (C=O) groups excluding carboxylic acids is 2. The molecule has 0 aromatic heterocycles. The summed E-state index contributed by atoms with van der Waals surface area (Å²) in [5.41, 5.74) is -0.264. The minimum absolute atomic E-state index is 0.104. The fourth-order valence-corrected chi connectivity index (χ4v) is 4.87. The Morgan fingerprint density at radius 1 is 1.03 bits per heavy atom. The molecule has 38 heavy (non-hydrogen) atoms. The van der Waals surface area contributed by atoms with Crippen molar-refractivity contribution in [3.8, 4) is 0 Å². The Labute approximate surface area is 216 Å². The second-order valence-electron chi connectivity index (χ2n) is 9.52. The van der Waals surface area contributed by atoms with Crippen LogP contribution in [0.1, 0.15) is 48.8 Å². The molecule has 3 amide bonds. The van der Waals surface area contributed by atoms with Crippen LogP contribution >= 0.6 is 0 Å². The van der Waals surface area contributed by atoms with Gasteiger partial charge in [0.15, 0.2) is 0 Å². The first-order valence-corrected chi connectivity index (χ1v) is 12.2. The highest BCUT2D eigenvalue weighted by Crippen LogP contribution is 2.36. The Morgan fingerprint density at radius 3 is 2.45 bits per heavy atom. The van der Waals surface area contributed by atoms with Crippen LogP contribution in [0.2, 0.25) is 0 Å². The largest absolute Gasteiger partial charge is 0.481 e. The number of nitrogens with one attached hydrogen (secondary N) is 2. The fraction of sp³-hybridized carbons (Fsp3) is 0.423. The topological polar surface area (TPSA) is 108 Å². The number of amides is 3. The molecule has 2 aromatic rings. The SMILES string of the molecule is O=C(O)CC1CCC(OC(=O)N2CCc3cc(NC(=O)Nc4c(F)cccc4C(F)(F)F)ccc3C2)CC1. The number of urea groups is 1. The van der Waals surface area contributed by atoms with Crippen molar-refractivity contribution < 1.29 is 41.8 Å². The molecule has 0 bridgehead atoms. The monoisotopic (exact) mass is 537 g/mol. The number of halogens is 4. The van der Waals surface area contributed by atoms with Crippen molar-refractivity contribution in [1.82, 2.24) is 4.90 Å². The molecule has 4 rings (SSSR count). The summed E-state index contributed by atoms with van der Waals surface area (Å²) in [4.78, 5) is 37.5. The lowest BCUT2D eigenvalue weighted by atomic mass is 9.85. The van der Waals surface area contributed by atoms with Crippen molar-refractivity contribution in [3.05, 3.63) is 58.9 Å². The Hall–Kier alpha value is -3.83. The lowest BCUT2D eigenvalue weighted by Gasteiger charge is -2.32. The van der Waals surface area contributed by atoms with Crippen molar-refractivity contribution >= 4 is 29.5 Å². The van der Waals surface area contributed by atoms with Gasteiger partial charge in [-0.15, -0.1) is 0 Å². The maximum Gasteiger partial charge on any atom is 0.418 e. The summed E-state index contributed by atoms with van der Waals surface area (Å²) in [5, 5.41) is 13.3. The van der Waals surface area contributed by atoms with Crippen LogP contribution in [0, 0.1) is 11.7 Å². The Bertz CT molecular complexity index is 1210. The summed E-state index contributed by atoms with van der Waals surface area (Å²) in [6.07, 6.45) is -2.28. The van der Waals surface area contributed by atoms with E-state index in [2.05, 4.69) is 5.32 Å². The first-order valence-electron chi connectivity index (χ1n) is 12.2. The molecule has 1 heterocycles. The van der Waals surface area contributed by atoms with Crippen LogP contribution < -0.4 is 10.6 Å². The highest BCUT2D eigenvalue weighted by atomic mass is 19.4. The second-order valence-corrected chi connectivity index (χ2v) is 9.52. The van der Waals surface area contributed by atoms with Gasteiger partial charge in [0.1, 0.15) is 11.9 Å². The summed E-state index contributed by atoms with van der Waals surface area (Å²) in [5.74, 6) is -1.93. The Morgan fingerprint density at radius 2 is 1.76 bits per heavy atom. The van der Waals surface area contributed by atoms with Gasteiger partial charge in [0.25, 0.3) is 0 Å². The van der Waals surface area contributed by atoms with Crippen LogP contribution in [0.4, 0.5) is 38.5 Å². The van der Waals surface area contributed by atoms with Gasteiger partial charge in [-0.2, -0.15) is 13.2 Å². The number of aliphatic carboxylic acids is 1. The summed E-state index contributed by atoms with van der Waals surface area (Å²) in [7, 11) is 0. The van der Waals surface area contributed by atoms with Gasteiger partial charge in [-0.3, -0.25) is 4.79 Å². The molecule has 0 saturated heterocycles. The molecule has 0 spiro atoms. The molecule has 3 N–H and O–H groups in total. The number of hydrogen-bond donors (Lipinski definition) is 3. The first-order chi connectivity index (χ1) is 18.0. The van der Waals surface area contributed by atoms with Crippen LogP contribution in [0.25, 0.3) is 0 Å². The molecule has 0 radical (unpaired) electrons. The summed E-state index contributed by atoms with van der Waals surface area (Å²) >= 11 is 0. The normalized spacial score (nSPS) is 19.3. The highest BCUT2D eigenvalue weighted by molar-refractivity contribution is 6.00. The molecular formula is C26H27F4N3O5. The van der Waals surface area contributed by atoms with Gasteiger partial charge in [-0.25, -0.2) is 14.0 Å². The number of para-hydroxylation sites is 1. The smallest absolute Gasteiger partial charge is 0.418 e. The zero-order valence-electron chi connectivity index (χ0n) is 20.3. The van der Waals surface area contributed by atoms with Gasteiger partial charge >= 0.3 is 24.3 Å². The molecule has 8 nitrogen and oxygen atoms in total. The van der Waals surface area contributed by atoms with E-state index in [-0.39, 0.29) is 18.4 Å². The molecule has 12 heteroatoms. The zero-order valence-corrected chi connectivity index (χ0v) is 20.3. The molecule has 0 atom stereocenters. The Kier molecular flexibility index (Phi) is 8.08. The van der Waals surface area contributed by atoms with Crippen LogP contribution in [-0.4, -0.2) is 40.7 Å². The quantitative estimate of drug-likeness (QED) is 0.405. The number of carboxylic acid groups (broad SMARTS) is 1. The number of hydrogen-bond acceptors (Lipinski definition) is 4. The van der Waals surface area contributed by atoms with Gasteiger partial charge in [0.2, 0.25) is 0 Å². The van der Waals surface area contributed by atoms with E-state index in [4.69, 9.17) is 9.84 Å². The van der Waals surface area contributed by atoms with Crippen molar-refractivity contribution in [1.29, 1.82) is 0 Å². The van der Waals surface area contributed by atoms with Crippen molar-refractivity contribution in [2.75, 3.05) is 17.2 Å². The van der Waals surface area contributed by atoms with E-state index in [1.54, 1.807) is 23.1 Å². The highest BCUT2D eigenvalue weighted by Gasteiger charge is 2.35. The number of ether oxygens (including phenoxy) is 1. The molecule has 2 aromatic carbocycles. The molecule has 2 aliphatic rings. The third-order valence-corrected chi connectivity index (χ3v) is 6.82. The number of carboxylic acids is 1. The van der Waals surface area contributed by atoms with E-state index in [0.29, 0.717) is 56.9 Å². The second kappa shape index (κ2) is 11.3. The van der Waals surface area contributed by atoms with Crippen LogP contribution in [0.3, 0.4) is 0 Å². The van der Waals surface area contributed by atoms with E-state index >= 15 is 0 Å². The standard InChI is InChI=1S/C26H27F4N3O5/c27-21-3-1-2-20(26(28,29)30)23(21)32-24(36)31-18-7-6-17-14-33(11-10-16(17)13-18)25(37)38-19-8-4-15(5-9-19)12-22(34)35/h1-3,6-7,13,15,19H,4-5,8-12,14H2,(H,34,35)(H2,31,32,36). The van der Waals surface area contributed by atoms with E-state index in [0.717, 1.165) is 23.3 Å². The van der Waals surface area contributed by atoms with Crippen molar-refractivity contribution in [3.63, 3.8) is 0 Å². The molecule has 0 unspecified atom stereocenters. The summed E-state index contributed by atoms with van der Waals surface area (Å²) < 4.78 is 59.2. The molecule has 204 valence electrons. The van der Waals surface area contributed by atoms with E-state index in [1.807, 2.05) is 5.32 Å². The number of nitrogens with zero attached hydrogens (tertiary/aromatic N) is 1. The lowest BCUT2D eigenvalue weighted by Crippen LogP contribution is -2.39. The predicted octanol–water partition coefficient (Wildman–Crippen LogP) is 6.02. The summed E-state index contributed by atoms with van der Waals surface area (Å²) in [6, 6.07) is 6.29. The van der Waals surface area contributed by atoms with Crippen molar-refractivity contribution in [2.45, 2.75) is 57.3 Å². The summed E-state index contributed by atoms with van der Waals surface area (Å²) in [6.45, 7) is 0.666. The van der Waals surface area contributed by atoms with Gasteiger partial charge in [0.05, 0.1) is 11.3 Å². The fourth-order valence-electron chi connectivity index (χ4n) is 4.87. The number of alkyl halides is 3. The van der Waals surface area contributed by atoms with Gasteiger partial charge < -0.3 is 25.4 Å². The maximum absolute atomic E-state index is 14.0. The van der Waals surface area contributed by atoms with Gasteiger partial charge in [-0.1, -0.05) is 12.1 Å². The number of carbonyl (C=O) groups is 3. The van der Waals surface area contributed by atoms with E-state index in [1.165, 1.54) is 0 Å². The third kappa shape index (κ3) is 6.73. The van der Waals surface area contributed by atoms with Gasteiger partial charge in [0, 0.05) is 25.2 Å². The van der Waals surface area contributed by atoms with Crippen LogP contribution in [0.5, 0.6) is 0 Å². The molecule has 1 aliphatic heterocycles. The first kappa shape index (κ1) is 27.2. The lowest BCUT2D eigenvalue weighted by molar-refractivity contribution is -0.139. The average molecular weight is 538 g/mol. The number of fused-ring (bicyclic) bond motifs is 1. The number of rotatable bonds is 5. The maximum atomic E-state index is 14.0. The third-order valence-electron chi connectivity index (χ3n) is 6.82. The van der Waals surface area contributed by atoms with E-state index in [9.17, 15) is 31.9 Å². The molecule has 1 fully saturated rings. The molecular weight excluding hydrogens is 510 g/mol. The molecule has 1 aliphatic carbocycles. The van der Waals surface area contributed by atoms with E-state index < -0.39 is 41.3 Å².